The van der Waals surface area contributed by atoms with Crippen LogP contribution in [0.1, 0.15) is 5.69 Å². The van der Waals surface area contributed by atoms with Crippen molar-refractivity contribution in [3.63, 3.8) is 0 Å². The van der Waals surface area contributed by atoms with Gasteiger partial charge >= 0.3 is 6.36 Å². The second-order valence-corrected chi connectivity index (χ2v) is 4.29. The van der Waals surface area contributed by atoms with Crippen LogP contribution in [0.3, 0.4) is 0 Å². The van der Waals surface area contributed by atoms with Crippen molar-refractivity contribution in [2.75, 3.05) is 5.32 Å². The zero-order valence-corrected chi connectivity index (χ0v) is 11.2. The maximum atomic E-state index is 12.1. The predicted octanol–water partition coefficient (Wildman–Crippen LogP) is 2.75. The standard InChI is InChI=1S/C12H9F3N4OS/c13-12(14,15)20-8-3-1-2-7(4-8)19-10-6-17-9(5-18-10)11(16)21/h1-6H,(H2,16,21)(H,18,19). The van der Waals surface area contributed by atoms with Crippen molar-refractivity contribution in [2.24, 2.45) is 5.73 Å². The van der Waals surface area contributed by atoms with Gasteiger partial charge < -0.3 is 15.8 Å². The highest BCUT2D eigenvalue weighted by molar-refractivity contribution is 7.80. The Balaban J connectivity index is 2.12. The molecule has 0 atom stereocenters. The minimum Gasteiger partial charge on any atom is -0.406 e. The van der Waals surface area contributed by atoms with Crippen LogP contribution in [-0.4, -0.2) is 21.3 Å². The largest absolute Gasteiger partial charge is 0.573 e. The molecule has 0 aliphatic carbocycles. The Kier molecular flexibility index (Phi) is 4.22. The van der Waals surface area contributed by atoms with Gasteiger partial charge in [0.1, 0.15) is 22.2 Å². The van der Waals surface area contributed by atoms with Gasteiger partial charge in [-0.25, -0.2) is 9.97 Å². The SMILES string of the molecule is NC(=S)c1cnc(Nc2cccc(OC(F)(F)F)c2)cn1. The number of nitrogens with one attached hydrogen (secondary N) is 1. The van der Waals surface area contributed by atoms with E-state index in [2.05, 4.69) is 20.0 Å². The molecule has 0 unspecified atom stereocenters. The van der Waals surface area contributed by atoms with Crippen LogP contribution in [0.5, 0.6) is 5.75 Å². The van der Waals surface area contributed by atoms with Gasteiger partial charge in [-0.2, -0.15) is 0 Å². The van der Waals surface area contributed by atoms with E-state index in [1.54, 1.807) is 6.07 Å². The molecule has 2 rings (SSSR count). The summed E-state index contributed by atoms with van der Waals surface area (Å²) in [5, 5.41) is 2.79. The number of nitrogens with two attached hydrogens (primary N) is 1. The molecule has 0 amide bonds. The summed E-state index contributed by atoms with van der Waals surface area (Å²) in [5.74, 6) is -0.000580. The molecule has 0 fully saturated rings. The fourth-order valence-electron chi connectivity index (χ4n) is 1.44. The highest BCUT2D eigenvalue weighted by Gasteiger charge is 2.31. The Bertz CT molecular complexity index is 646. The topological polar surface area (TPSA) is 73.1 Å². The van der Waals surface area contributed by atoms with Crippen molar-refractivity contribution in [3.05, 3.63) is 42.4 Å². The summed E-state index contributed by atoms with van der Waals surface area (Å²) in [6.07, 6.45) is -2.01. The smallest absolute Gasteiger partial charge is 0.406 e. The van der Waals surface area contributed by atoms with E-state index in [0.717, 1.165) is 0 Å². The zero-order chi connectivity index (χ0) is 15.5. The van der Waals surface area contributed by atoms with Crippen molar-refractivity contribution in [3.8, 4) is 5.75 Å². The molecule has 1 aromatic carbocycles. The van der Waals surface area contributed by atoms with Gasteiger partial charge in [-0.1, -0.05) is 18.3 Å². The van der Waals surface area contributed by atoms with E-state index in [0.29, 0.717) is 17.2 Å². The van der Waals surface area contributed by atoms with E-state index in [4.69, 9.17) is 18.0 Å². The van der Waals surface area contributed by atoms with Crippen LogP contribution < -0.4 is 15.8 Å². The summed E-state index contributed by atoms with van der Waals surface area (Å²) in [4.78, 5) is 8.06. The van der Waals surface area contributed by atoms with Crippen LogP contribution in [0.2, 0.25) is 0 Å². The summed E-state index contributed by atoms with van der Waals surface area (Å²) < 4.78 is 40.2. The fourth-order valence-corrected chi connectivity index (χ4v) is 1.54. The zero-order valence-electron chi connectivity index (χ0n) is 10.4. The number of halogens is 3. The minimum absolute atomic E-state index is 0.106. The molecule has 0 saturated heterocycles. The molecule has 9 heteroatoms. The van der Waals surface area contributed by atoms with Crippen LogP contribution in [0.25, 0.3) is 0 Å². The second kappa shape index (κ2) is 5.92. The van der Waals surface area contributed by atoms with E-state index < -0.39 is 6.36 Å². The monoisotopic (exact) mass is 314 g/mol. The average Bonchev–Trinajstić information content (AvgIpc) is 2.37. The van der Waals surface area contributed by atoms with Crippen molar-refractivity contribution in [2.45, 2.75) is 6.36 Å². The molecule has 3 N–H and O–H groups in total. The number of alkyl halides is 3. The first-order valence-corrected chi connectivity index (χ1v) is 5.99. The van der Waals surface area contributed by atoms with Gasteiger partial charge in [0.2, 0.25) is 0 Å². The third kappa shape index (κ3) is 4.56. The quantitative estimate of drug-likeness (QED) is 0.846. The van der Waals surface area contributed by atoms with Gasteiger partial charge in [-0.15, -0.1) is 13.2 Å². The average molecular weight is 314 g/mol. The molecule has 1 aromatic heterocycles. The fraction of sp³-hybridized carbons (Fsp3) is 0.0833. The lowest BCUT2D eigenvalue weighted by Gasteiger charge is -2.11. The number of aromatic nitrogens is 2. The molecule has 110 valence electrons. The minimum atomic E-state index is -4.74. The number of benzene rings is 1. The molecule has 0 spiro atoms. The van der Waals surface area contributed by atoms with Crippen LogP contribution in [0.15, 0.2) is 36.7 Å². The molecule has 0 radical (unpaired) electrons. The Morgan fingerprint density at radius 1 is 1.24 bits per heavy atom. The number of rotatable bonds is 4. The molecular weight excluding hydrogens is 305 g/mol. The van der Waals surface area contributed by atoms with E-state index in [9.17, 15) is 13.2 Å². The van der Waals surface area contributed by atoms with Gasteiger partial charge in [0.25, 0.3) is 0 Å². The summed E-state index contributed by atoms with van der Waals surface area (Å²) in [7, 11) is 0. The van der Waals surface area contributed by atoms with Crippen molar-refractivity contribution in [1.82, 2.24) is 9.97 Å². The van der Waals surface area contributed by atoms with E-state index in [1.807, 2.05) is 0 Å². The molecule has 0 saturated carbocycles. The first kappa shape index (κ1) is 15.0. The van der Waals surface area contributed by atoms with Crippen LogP contribution >= 0.6 is 12.2 Å². The molecule has 2 aromatic rings. The molecule has 0 bridgehead atoms. The number of thiocarbonyl (C=S) groups is 1. The van der Waals surface area contributed by atoms with E-state index in [1.165, 1.54) is 30.6 Å². The first-order chi connectivity index (χ1) is 9.83. The molecule has 0 aliphatic rings. The van der Waals surface area contributed by atoms with Gasteiger partial charge in [0, 0.05) is 11.8 Å². The van der Waals surface area contributed by atoms with Gasteiger partial charge in [-0.3, -0.25) is 0 Å². The van der Waals surface area contributed by atoms with Crippen LogP contribution in [0.4, 0.5) is 24.7 Å². The molecular formula is C12H9F3N4OS. The summed E-state index contributed by atoms with van der Waals surface area (Å²) in [5.41, 5.74) is 6.10. The highest BCUT2D eigenvalue weighted by atomic mass is 32.1. The number of ether oxygens (including phenoxy) is 1. The van der Waals surface area contributed by atoms with Crippen LogP contribution in [0, 0.1) is 0 Å². The molecule has 0 aliphatic heterocycles. The summed E-state index contributed by atoms with van der Waals surface area (Å²) >= 11 is 4.73. The molecule has 5 nitrogen and oxygen atoms in total. The normalized spacial score (nSPS) is 11.0. The first-order valence-electron chi connectivity index (χ1n) is 5.58. The maximum Gasteiger partial charge on any atom is 0.573 e. The third-order valence-electron chi connectivity index (χ3n) is 2.24. The Morgan fingerprint density at radius 2 is 2.00 bits per heavy atom. The lowest BCUT2D eigenvalue weighted by atomic mass is 10.3. The lowest BCUT2D eigenvalue weighted by Crippen LogP contribution is -2.17. The van der Waals surface area contributed by atoms with Crippen molar-refractivity contribution < 1.29 is 17.9 Å². The van der Waals surface area contributed by atoms with Crippen LogP contribution in [-0.2, 0) is 0 Å². The molecule has 1 heterocycles. The van der Waals surface area contributed by atoms with Crippen molar-refractivity contribution >= 4 is 28.7 Å². The predicted molar refractivity (Wildman–Crippen MR) is 74.3 cm³/mol. The lowest BCUT2D eigenvalue weighted by molar-refractivity contribution is -0.274. The van der Waals surface area contributed by atoms with Crippen molar-refractivity contribution in [1.29, 1.82) is 0 Å². The van der Waals surface area contributed by atoms with Gasteiger partial charge in [0.15, 0.2) is 0 Å². The molecule has 21 heavy (non-hydrogen) atoms. The number of hydrogen-bond donors (Lipinski definition) is 2. The number of hydrogen-bond acceptors (Lipinski definition) is 5. The Labute approximate surface area is 123 Å². The van der Waals surface area contributed by atoms with E-state index >= 15 is 0 Å². The Morgan fingerprint density at radius 3 is 2.57 bits per heavy atom. The second-order valence-electron chi connectivity index (χ2n) is 3.85. The van der Waals surface area contributed by atoms with Gasteiger partial charge in [-0.05, 0) is 12.1 Å². The maximum absolute atomic E-state index is 12.1. The van der Waals surface area contributed by atoms with E-state index in [-0.39, 0.29) is 10.7 Å². The summed E-state index contributed by atoms with van der Waals surface area (Å²) in [6, 6.07) is 5.36. The summed E-state index contributed by atoms with van der Waals surface area (Å²) in [6.45, 7) is 0. The third-order valence-corrected chi connectivity index (χ3v) is 2.45. The Hall–Kier alpha value is -2.42. The number of anilines is 2. The van der Waals surface area contributed by atoms with Gasteiger partial charge in [0.05, 0.1) is 12.4 Å². The highest BCUT2D eigenvalue weighted by Crippen LogP contribution is 2.26. The number of nitrogens with zero attached hydrogens (tertiary/aromatic N) is 2.